The lowest BCUT2D eigenvalue weighted by Crippen LogP contribution is -2.00. The first-order valence-electron chi connectivity index (χ1n) is 6.65. The highest BCUT2D eigenvalue weighted by atomic mass is 19.3. The number of hydrogen-bond donors (Lipinski definition) is 0. The summed E-state index contributed by atoms with van der Waals surface area (Å²) in [5, 5.41) is 7.93. The minimum absolute atomic E-state index is 0.347. The molecule has 22 heavy (non-hydrogen) atoms. The van der Waals surface area contributed by atoms with Gasteiger partial charge in [0.05, 0.1) is 24.0 Å². The molecule has 0 amide bonds. The second-order valence-corrected chi connectivity index (χ2v) is 4.94. The maximum Gasteiger partial charge on any atom is 0.266 e. The summed E-state index contributed by atoms with van der Waals surface area (Å²) in [6.45, 7) is 2.50. The Morgan fingerprint density at radius 1 is 1.23 bits per heavy atom. The fraction of sp³-hybridized carbons (Fsp3) is 0.200. The van der Waals surface area contributed by atoms with Crippen LogP contribution in [-0.2, 0) is 6.54 Å². The molecule has 0 saturated carbocycles. The fourth-order valence-electron chi connectivity index (χ4n) is 2.19. The van der Waals surface area contributed by atoms with Crippen LogP contribution in [0.3, 0.4) is 0 Å². The van der Waals surface area contributed by atoms with Gasteiger partial charge in [-0.2, -0.15) is 0 Å². The largest absolute Gasteiger partial charge is 0.346 e. The summed E-state index contributed by atoms with van der Waals surface area (Å²) < 4.78 is 42.1. The Morgan fingerprint density at radius 3 is 2.73 bits per heavy atom. The highest BCUT2D eigenvalue weighted by Crippen LogP contribution is 2.24. The first-order chi connectivity index (χ1) is 10.5. The van der Waals surface area contributed by atoms with Crippen molar-refractivity contribution in [2.45, 2.75) is 19.9 Å². The van der Waals surface area contributed by atoms with Crippen molar-refractivity contribution in [1.29, 1.82) is 0 Å². The number of benzene rings is 1. The molecule has 0 bridgehead atoms. The number of halogens is 3. The van der Waals surface area contributed by atoms with E-state index in [-0.39, 0.29) is 0 Å². The van der Waals surface area contributed by atoms with Gasteiger partial charge in [-0.15, -0.1) is 5.10 Å². The normalized spacial score (nSPS) is 11.3. The van der Waals surface area contributed by atoms with Crippen molar-refractivity contribution in [3.63, 3.8) is 0 Å². The third kappa shape index (κ3) is 2.74. The summed E-state index contributed by atoms with van der Waals surface area (Å²) in [7, 11) is 0. The van der Waals surface area contributed by atoms with Crippen LogP contribution in [0.2, 0.25) is 0 Å². The summed E-state index contributed by atoms with van der Waals surface area (Å²) in [6.07, 6.45) is 0.689. The van der Waals surface area contributed by atoms with E-state index >= 15 is 0 Å². The lowest BCUT2D eigenvalue weighted by atomic mass is 10.2. The Balaban J connectivity index is 1.88. The highest BCUT2D eigenvalue weighted by molar-refractivity contribution is 5.36. The molecule has 0 spiro atoms. The minimum atomic E-state index is -2.87. The molecule has 0 aliphatic rings. The second-order valence-electron chi connectivity index (χ2n) is 4.94. The van der Waals surface area contributed by atoms with Crippen molar-refractivity contribution in [3.8, 4) is 5.69 Å². The van der Waals surface area contributed by atoms with E-state index in [9.17, 15) is 13.2 Å². The Kier molecular flexibility index (Phi) is 3.70. The van der Waals surface area contributed by atoms with Crippen molar-refractivity contribution >= 4 is 0 Å². The van der Waals surface area contributed by atoms with Gasteiger partial charge in [0.25, 0.3) is 6.43 Å². The summed E-state index contributed by atoms with van der Waals surface area (Å²) in [6, 6.07) is 7.38. The molecule has 0 aliphatic carbocycles. The fourth-order valence-corrected chi connectivity index (χ4v) is 2.19. The lowest BCUT2D eigenvalue weighted by molar-refractivity contribution is 0.146. The van der Waals surface area contributed by atoms with Gasteiger partial charge in [-0.25, -0.2) is 17.9 Å². The summed E-state index contributed by atoms with van der Waals surface area (Å²) >= 11 is 0. The van der Waals surface area contributed by atoms with Gasteiger partial charge in [0.15, 0.2) is 0 Å². The maximum absolute atomic E-state index is 13.3. The summed E-state index contributed by atoms with van der Waals surface area (Å²) in [4.78, 5) is 0. The molecule has 0 aliphatic heterocycles. The quantitative estimate of drug-likeness (QED) is 0.739. The molecule has 0 N–H and O–H groups in total. The molecule has 0 saturated heterocycles. The highest BCUT2D eigenvalue weighted by Gasteiger charge is 2.15. The maximum atomic E-state index is 13.3. The van der Waals surface area contributed by atoms with Crippen LogP contribution in [-0.4, -0.2) is 19.6 Å². The zero-order valence-corrected chi connectivity index (χ0v) is 11.7. The van der Waals surface area contributed by atoms with Crippen molar-refractivity contribution in [2.24, 2.45) is 0 Å². The Bertz CT molecular complexity index is 792. The number of aryl methyl sites for hydroxylation is 1. The molecule has 3 rings (SSSR count). The lowest BCUT2D eigenvalue weighted by Gasteiger charge is -2.05. The predicted octanol–water partition coefficient (Wildman–Crippen LogP) is 3.50. The molecule has 114 valence electrons. The third-order valence-electron chi connectivity index (χ3n) is 3.41. The first-order valence-corrected chi connectivity index (χ1v) is 6.65. The molecule has 3 aromatic rings. The van der Waals surface area contributed by atoms with Gasteiger partial charge in [0, 0.05) is 11.9 Å². The van der Waals surface area contributed by atoms with Crippen LogP contribution in [0.5, 0.6) is 0 Å². The zero-order chi connectivity index (χ0) is 15.7. The molecule has 1 aromatic carbocycles. The number of nitrogens with zero attached hydrogens (tertiary/aromatic N) is 4. The molecule has 0 unspecified atom stereocenters. The smallest absolute Gasteiger partial charge is 0.266 e. The number of alkyl halides is 2. The molecular formula is C15H13F3N4. The van der Waals surface area contributed by atoms with Gasteiger partial charge >= 0.3 is 0 Å². The van der Waals surface area contributed by atoms with Crippen LogP contribution in [0.1, 0.15) is 23.4 Å². The summed E-state index contributed by atoms with van der Waals surface area (Å²) in [5.74, 6) is -0.929. The average Bonchev–Trinajstić information content (AvgIpc) is 3.10. The molecule has 0 atom stereocenters. The Morgan fingerprint density at radius 2 is 2.05 bits per heavy atom. The number of rotatable bonds is 4. The standard InChI is InChI=1S/C15H13F3N4/c1-10-3-2-6-21(10)8-11-9-22(20-19-11)12-4-5-14(16)13(7-12)15(17)18/h2-7,9,15H,8H2,1H3. The van der Waals surface area contributed by atoms with E-state index < -0.39 is 17.8 Å². The van der Waals surface area contributed by atoms with Crippen molar-refractivity contribution in [1.82, 2.24) is 19.6 Å². The van der Waals surface area contributed by atoms with Crippen molar-refractivity contribution in [2.75, 3.05) is 0 Å². The average molecular weight is 306 g/mol. The predicted molar refractivity (Wildman–Crippen MR) is 74.5 cm³/mol. The van der Waals surface area contributed by atoms with E-state index in [1.54, 1.807) is 6.20 Å². The van der Waals surface area contributed by atoms with E-state index in [1.165, 1.54) is 10.7 Å². The molecule has 4 nitrogen and oxygen atoms in total. The van der Waals surface area contributed by atoms with Crippen LogP contribution in [0.4, 0.5) is 13.2 Å². The van der Waals surface area contributed by atoms with E-state index in [0.717, 1.165) is 17.8 Å². The first kappa shape index (κ1) is 14.4. The van der Waals surface area contributed by atoms with E-state index in [2.05, 4.69) is 10.3 Å². The molecular weight excluding hydrogens is 293 g/mol. The van der Waals surface area contributed by atoms with Crippen LogP contribution >= 0.6 is 0 Å². The van der Waals surface area contributed by atoms with Gasteiger partial charge in [-0.3, -0.25) is 0 Å². The zero-order valence-electron chi connectivity index (χ0n) is 11.7. The van der Waals surface area contributed by atoms with Gasteiger partial charge in [-0.1, -0.05) is 5.21 Å². The topological polar surface area (TPSA) is 35.6 Å². The van der Waals surface area contributed by atoms with Gasteiger partial charge in [-0.05, 0) is 37.3 Å². The van der Waals surface area contributed by atoms with Crippen LogP contribution in [0.25, 0.3) is 5.69 Å². The van der Waals surface area contributed by atoms with E-state index in [1.807, 2.05) is 29.8 Å². The SMILES string of the molecule is Cc1cccn1Cc1cn(-c2ccc(F)c(C(F)F)c2)nn1. The van der Waals surface area contributed by atoms with E-state index in [0.29, 0.717) is 17.9 Å². The van der Waals surface area contributed by atoms with E-state index in [4.69, 9.17) is 0 Å². The molecule has 0 fully saturated rings. The molecule has 2 heterocycles. The molecule has 0 radical (unpaired) electrons. The second kappa shape index (κ2) is 5.67. The Labute approximate surface area is 124 Å². The number of aromatic nitrogens is 4. The van der Waals surface area contributed by atoms with Crippen molar-refractivity contribution < 1.29 is 13.2 Å². The van der Waals surface area contributed by atoms with Crippen molar-refractivity contribution in [3.05, 3.63) is 65.5 Å². The third-order valence-corrected chi connectivity index (χ3v) is 3.41. The Hall–Kier alpha value is -2.57. The van der Waals surface area contributed by atoms with Gasteiger partial charge in [0.1, 0.15) is 11.5 Å². The van der Waals surface area contributed by atoms with Crippen LogP contribution in [0.15, 0.2) is 42.7 Å². The van der Waals surface area contributed by atoms with Gasteiger partial charge in [0.2, 0.25) is 0 Å². The molecule has 2 aromatic heterocycles. The number of hydrogen-bond acceptors (Lipinski definition) is 2. The van der Waals surface area contributed by atoms with Crippen LogP contribution < -0.4 is 0 Å². The van der Waals surface area contributed by atoms with Crippen LogP contribution in [0, 0.1) is 12.7 Å². The minimum Gasteiger partial charge on any atom is -0.346 e. The monoisotopic (exact) mass is 306 g/mol. The summed E-state index contributed by atoms with van der Waals surface area (Å²) in [5.41, 5.74) is 1.47. The van der Waals surface area contributed by atoms with Gasteiger partial charge < -0.3 is 4.57 Å². The molecule has 7 heteroatoms.